The van der Waals surface area contributed by atoms with Crippen molar-refractivity contribution in [2.24, 2.45) is 0 Å². The SMILES string of the molecule is Cl.Cl.Clc1cnccc1CN(Cc1ccccn1)C1CCCNCC1. The monoisotopic (exact) mass is 402 g/mol. The quantitative estimate of drug-likeness (QED) is 0.815. The van der Waals surface area contributed by atoms with Crippen LogP contribution in [0.3, 0.4) is 0 Å². The van der Waals surface area contributed by atoms with Crippen LogP contribution in [0, 0.1) is 0 Å². The lowest BCUT2D eigenvalue weighted by atomic mass is 10.1. The van der Waals surface area contributed by atoms with E-state index in [1.54, 1.807) is 6.20 Å². The normalized spacial score (nSPS) is 17.3. The zero-order chi connectivity index (χ0) is 15.9. The third-order valence-corrected chi connectivity index (χ3v) is 4.72. The fourth-order valence-corrected chi connectivity index (χ4v) is 3.31. The van der Waals surface area contributed by atoms with Crippen LogP contribution >= 0.6 is 36.4 Å². The van der Waals surface area contributed by atoms with Gasteiger partial charge in [-0.05, 0) is 56.1 Å². The first kappa shape index (κ1) is 22.1. The maximum Gasteiger partial charge on any atom is 0.0634 e. The fourth-order valence-electron chi connectivity index (χ4n) is 3.13. The van der Waals surface area contributed by atoms with E-state index in [1.807, 2.05) is 24.5 Å². The van der Waals surface area contributed by atoms with Gasteiger partial charge in [0.1, 0.15) is 0 Å². The van der Waals surface area contributed by atoms with E-state index in [2.05, 4.69) is 32.3 Å². The van der Waals surface area contributed by atoms with Crippen molar-refractivity contribution >= 4 is 36.4 Å². The van der Waals surface area contributed by atoms with Crippen molar-refractivity contribution in [1.82, 2.24) is 20.2 Å². The van der Waals surface area contributed by atoms with Gasteiger partial charge in [-0.3, -0.25) is 14.9 Å². The molecule has 0 bridgehead atoms. The van der Waals surface area contributed by atoms with Crippen molar-refractivity contribution in [3.05, 3.63) is 59.1 Å². The van der Waals surface area contributed by atoms with Gasteiger partial charge in [-0.15, -0.1) is 24.8 Å². The third kappa shape index (κ3) is 6.72. The van der Waals surface area contributed by atoms with E-state index < -0.39 is 0 Å². The van der Waals surface area contributed by atoms with Crippen molar-refractivity contribution in [2.75, 3.05) is 13.1 Å². The summed E-state index contributed by atoms with van der Waals surface area (Å²) in [6.45, 7) is 3.88. The van der Waals surface area contributed by atoms with Crippen molar-refractivity contribution < 1.29 is 0 Å². The van der Waals surface area contributed by atoms with Gasteiger partial charge in [-0.1, -0.05) is 17.7 Å². The molecule has 1 fully saturated rings. The molecule has 1 aliphatic heterocycles. The summed E-state index contributed by atoms with van der Waals surface area (Å²) in [6, 6.07) is 8.67. The molecule has 3 heterocycles. The average molecular weight is 404 g/mol. The Hall–Kier alpha value is -0.910. The van der Waals surface area contributed by atoms with Crippen LogP contribution in [-0.2, 0) is 13.1 Å². The van der Waals surface area contributed by atoms with Gasteiger partial charge < -0.3 is 5.32 Å². The summed E-state index contributed by atoms with van der Waals surface area (Å²) < 4.78 is 0. The number of hydrogen-bond acceptors (Lipinski definition) is 4. The Morgan fingerprint density at radius 2 is 1.96 bits per heavy atom. The highest BCUT2D eigenvalue weighted by molar-refractivity contribution is 6.31. The van der Waals surface area contributed by atoms with E-state index in [4.69, 9.17) is 11.6 Å². The molecule has 0 radical (unpaired) electrons. The Morgan fingerprint density at radius 1 is 1.08 bits per heavy atom. The van der Waals surface area contributed by atoms with Crippen LogP contribution in [0.1, 0.15) is 30.5 Å². The van der Waals surface area contributed by atoms with Crippen molar-refractivity contribution in [2.45, 2.75) is 38.4 Å². The molecular formula is C18H25Cl3N4. The van der Waals surface area contributed by atoms with Gasteiger partial charge in [-0.2, -0.15) is 0 Å². The van der Waals surface area contributed by atoms with Gasteiger partial charge in [0.05, 0.1) is 10.7 Å². The van der Waals surface area contributed by atoms with Gasteiger partial charge in [0, 0.05) is 37.7 Å². The van der Waals surface area contributed by atoms with Crippen LogP contribution < -0.4 is 5.32 Å². The molecule has 0 saturated carbocycles. The molecule has 7 heteroatoms. The molecule has 1 N–H and O–H groups in total. The topological polar surface area (TPSA) is 41.1 Å². The molecule has 2 aromatic heterocycles. The maximum absolute atomic E-state index is 6.33. The second-order valence-corrected chi connectivity index (χ2v) is 6.44. The van der Waals surface area contributed by atoms with Crippen LogP contribution in [-0.4, -0.2) is 34.0 Å². The van der Waals surface area contributed by atoms with Crippen LogP contribution in [0.5, 0.6) is 0 Å². The zero-order valence-electron chi connectivity index (χ0n) is 14.1. The first-order chi connectivity index (χ1) is 11.3. The lowest BCUT2D eigenvalue weighted by Crippen LogP contribution is -2.35. The fraction of sp³-hybridized carbons (Fsp3) is 0.444. The lowest BCUT2D eigenvalue weighted by Gasteiger charge is -2.31. The van der Waals surface area contributed by atoms with Gasteiger partial charge in [0.15, 0.2) is 0 Å². The van der Waals surface area contributed by atoms with Crippen LogP contribution in [0.15, 0.2) is 42.9 Å². The van der Waals surface area contributed by atoms with Crippen molar-refractivity contribution in [1.29, 1.82) is 0 Å². The molecule has 2 aromatic rings. The highest BCUT2D eigenvalue weighted by atomic mass is 35.5. The molecule has 0 aliphatic carbocycles. The first-order valence-electron chi connectivity index (χ1n) is 8.26. The predicted octanol–water partition coefficient (Wildman–Crippen LogP) is 4.12. The molecule has 0 amide bonds. The minimum Gasteiger partial charge on any atom is -0.317 e. The van der Waals surface area contributed by atoms with Crippen molar-refractivity contribution in [3.63, 3.8) is 0 Å². The second kappa shape index (κ2) is 11.7. The van der Waals surface area contributed by atoms with Gasteiger partial charge in [-0.25, -0.2) is 0 Å². The average Bonchev–Trinajstić information content (AvgIpc) is 2.86. The molecule has 0 aromatic carbocycles. The highest BCUT2D eigenvalue weighted by Gasteiger charge is 2.21. The molecule has 0 spiro atoms. The summed E-state index contributed by atoms with van der Waals surface area (Å²) in [5.41, 5.74) is 2.24. The van der Waals surface area contributed by atoms with Crippen LogP contribution in [0.4, 0.5) is 0 Å². The van der Waals surface area contributed by atoms with E-state index in [0.717, 1.165) is 48.9 Å². The smallest absolute Gasteiger partial charge is 0.0634 e. The zero-order valence-corrected chi connectivity index (χ0v) is 16.5. The Kier molecular flexibility index (Phi) is 10.3. The standard InChI is InChI=1S/C18H23ClN4.2ClH/c19-18-12-21-10-6-15(18)13-23(14-16-4-1-2-9-22-16)17-5-3-8-20-11-7-17;;/h1-2,4,6,9-10,12,17,20H,3,5,7-8,11,13-14H2;2*1H. The van der Waals surface area contributed by atoms with Crippen LogP contribution in [0.25, 0.3) is 0 Å². The first-order valence-corrected chi connectivity index (χ1v) is 8.64. The molecule has 1 saturated heterocycles. The largest absolute Gasteiger partial charge is 0.317 e. The van der Waals surface area contributed by atoms with E-state index in [9.17, 15) is 0 Å². The summed E-state index contributed by atoms with van der Waals surface area (Å²) in [5, 5.41) is 4.23. The molecule has 138 valence electrons. The molecule has 1 atom stereocenters. The molecular weight excluding hydrogens is 379 g/mol. The number of nitrogens with one attached hydrogen (secondary N) is 1. The number of nitrogens with zero attached hydrogens (tertiary/aromatic N) is 3. The Morgan fingerprint density at radius 3 is 2.72 bits per heavy atom. The molecule has 3 rings (SSSR count). The molecule has 1 unspecified atom stereocenters. The predicted molar refractivity (Wildman–Crippen MR) is 108 cm³/mol. The molecule has 25 heavy (non-hydrogen) atoms. The van der Waals surface area contributed by atoms with E-state index in [-0.39, 0.29) is 24.8 Å². The number of halogens is 3. The molecule has 4 nitrogen and oxygen atoms in total. The Bertz CT molecular complexity index is 604. The minimum atomic E-state index is 0. The van der Waals surface area contributed by atoms with Crippen LogP contribution in [0.2, 0.25) is 5.02 Å². The van der Waals surface area contributed by atoms with E-state index in [0.29, 0.717) is 6.04 Å². The molecule has 1 aliphatic rings. The maximum atomic E-state index is 6.33. The summed E-state index contributed by atoms with van der Waals surface area (Å²) in [4.78, 5) is 11.1. The summed E-state index contributed by atoms with van der Waals surface area (Å²) in [7, 11) is 0. The van der Waals surface area contributed by atoms with E-state index in [1.165, 1.54) is 12.8 Å². The number of aromatic nitrogens is 2. The highest BCUT2D eigenvalue weighted by Crippen LogP contribution is 2.22. The van der Waals surface area contributed by atoms with E-state index >= 15 is 0 Å². The number of rotatable bonds is 5. The van der Waals surface area contributed by atoms with Crippen molar-refractivity contribution in [3.8, 4) is 0 Å². The minimum absolute atomic E-state index is 0. The summed E-state index contributed by atoms with van der Waals surface area (Å²) in [6.07, 6.45) is 8.99. The second-order valence-electron chi connectivity index (χ2n) is 6.03. The Labute approximate surface area is 167 Å². The summed E-state index contributed by atoms with van der Waals surface area (Å²) >= 11 is 6.33. The van der Waals surface area contributed by atoms with Gasteiger partial charge in [0.25, 0.3) is 0 Å². The third-order valence-electron chi connectivity index (χ3n) is 4.38. The van der Waals surface area contributed by atoms with Gasteiger partial charge in [0.2, 0.25) is 0 Å². The van der Waals surface area contributed by atoms with Gasteiger partial charge >= 0.3 is 0 Å². The summed E-state index contributed by atoms with van der Waals surface area (Å²) in [5.74, 6) is 0. The number of pyridine rings is 2. The number of hydrogen-bond donors (Lipinski definition) is 1. The lowest BCUT2D eigenvalue weighted by molar-refractivity contribution is 0.162. The Balaban J connectivity index is 0.00000156.